The molecule has 164 valence electrons. The Hall–Kier alpha value is -3.76. The van der Waals surface area contributed by atoms with E-state index in [9.17, 15) is 19.7 Å². The maximum absolute atomic E-state index is 13.4. The van der Waals surface area contributed by atoms with Crippen molar-refractivity contribution in [3.63, 3.8) is 0 Å². The van der Waals surface area contributed by atoms with Crippen molar-refractivity contribution in [3.05, 3.63) is 85.7 Å². The molecule has 1 saturated heterocycles. The third kappa shape index (κ3) is 3.26. The molecule has 0 saturated carbocycles. The molecule has 33 heavy (non-hydrogen) atoms. The molecule has 2 heterocycles. The van der Waals surface area contributed by atoms with E-state index in [1.807, 2.05) is 42.5 Å². The van der Waals surface area contributed by atoms with E-state index in [1.165, 1.54) is 26.2 Å². The van der Waals surface area contributed by atoms with Gasteiger partial charge in [-0.05, 0) is 23.6 Å². The zero-order valence-corrected chi connectivity index (χ0v) is 19.1. The van der Waals surface area contributed by atoms with E-state index in [0.717, 1.165) is 22.5 Å². The van der Waals surface area contributed by atoms with Crippen molar-refractivity contribution >= 4 is 73.5 Å². The molecule has 10 heteroatoms. The number of benzene rings is 3. The SMILES string of the molecule is Cn1c(=O)n(C)c2cc([N+](=O)[O-])c(/C=C3/SC(=S)N(c4cccc5ccccc45)C3=O)cc21. The van der Waals surface area contributed by atoms with E-state index in [-0.39, 0.29) is 27.8 Å². The summed E-state index contributed by atoms with van der Waals surface area (Å²) in [5.74, 6) is -0.349. The van der Waals surface area contributed by atoms with E-state index in [2.05, 4.69) is 0 Å². The zero-order chi connectivity index (χ0) is 23.4. The molecule has 0 unspecified atom stereocenters. The molecule has 3 aromatic carbocycles. The molecule has 0 radical (unpaired) electrons. The molecular formula is C23H16N4O4S2. The Balaban J connectivity index is 1.65. The number of hydrogen-bond acceptors (Lipinski definition) is 6. The minimum atomic E-state index is -0.520. The molecule has 0 aliphatic carbocycles. The first-order valence-electron chi connectivity index (χ1n) is 9.87. The highest BCUT2D eigenvalue weighted by Crippen LogP contribution is 2.40. The lowest BCUT2D eigenvalue weighted by Gasteiger charge is -2.17. The van der Waals surface area contributed by atoms with Gasteiger partial charge in [0.05, 0.1) is 32.1 Å². The van der Waals surface area contributed by atoms with Crippen molar-refractivity contribution in [2.45, 2.75) is 0 Å². The molecule has 1 aliphatic heterocycles. The van der Waals surface area contributed by atoms with Crippen molar-refractivity contribution in [2.24, 2.45) is 14.1 Å². The summed E-state index contributed by atoms with van der Waals surface area (Å²) in [6, 6.07) is 16.2. The van der Waals surface area contributed by atoms with Crippen molar-refractivity contribution < 1.29 is 9.72 Å². The minimum Gasteiger partial charge on any atom is -0.295 e. The number of carbonyl (C=O) groups is 1. The molecule has 1 aliphatic rings. The lowest BCUT2D eigenvalue weighted by atomic mass is 10.1. The quantitative estimate of drug-likeness (QED) is 0.189. The van der Waals surface area contributed by atoms with E-state index in [4.69, 9.17) is 12.2 Å². The fraction of sp³-hybridized carbons (Fsp3) is 0.0870. The van der Waals surface area contributed by atoms with Crippen LogP contribution in [0.1, 0.15) is 5.56 Å². The number of anilines is 1. The summed E-state index contributed by atoms with van der Waals surface area (Å²) in [6.07, 6.45) is 1.47. The van der Waals surface area contributed by atoms with Gasteiger partial charge in [-0.2, -0.15) is 0 Å². The maximum atomic E-state index is 13.4. The summed E-state index contributed by atoms with van der Waals surface area (Å²) < 4.78 is 3.11. The van der Waals surface area contributed by atoms with Gasteiger partial charge in [-0.3, -0.25) is 28.9 Å². The second-order valence-electron chi connectivity index (χ2n) is 7.57. The molecule has 1 aromatic heterocycles. The first kappa shape index (κ1) is 21.1. The second kappa shape index (κ2) is 7.68. The smallest absolute Gasteiger partial charge is 0.295 e. The highest BCUT2D eigenvalue weighted by atomic mass is 32.2. The summed E-state index contributed by atoms with van der Waals surface area (Å²) in [7, 11) is 3.16. The van der Waals surface area contributed by atoms with Crippen LogP contribution in [0, 0.1) is 10.1 Å². The van der Waals surface area contributed by atoms with Crippen LogP contribution in [0.5, 0.6) is 0 Å². The van der Waals surface area contributed by atoms with Gasteiger partial charge in [0.25, 0.3) is 11.6 Å². The third-order valence-electron chi connectivity index (χ3n) is 5.70. The van der Waals surface area contributed by atoms with Gasteiger partial charge in [0.15, 0.2) is 4.32 Å². The van der Waals surface area contributed by atoms with Gasteiger partial charge in [-0.1, -0.05) is 60.4 Å². The molecule has 0 N–H and O–H groups in total. The number of nitro groups is 1. The first-order chi connectivity index (χ1) is 15.8. The van der Waals surface area contributed by atoms with Crippen LogP contribution in [0.25, 0.3) is 27.9 Å². The monoisotopic (exact) mass is 476 g/mol. The van der Waals surface area contributed by atoms with E-state index < -0.39 is 4.92 Å². The molecule has 5 rings (SSSR count). The van der Waals surface area contributed by atoms with Crippen LogP contribution in [0.2, 0.25) is 0 Å². The Morgan fingerprint density at radius 2 is 1.67 bits per heavy atom. The lowest BCUT2D eigenvalue weighted by molar-refractivity contribution is -0.385. The van der Waals surface area contributed by atoms with Crippen LogP contribution < -0.4 is 10.6 Å². The highest BCUT2D eigenvalue weighted by molar-refractivity contribution is 8.27. The second-order valence-corrected chi connectivity index (χ2v) is 9.25. The Morgan fingerprint density at radius 1 is 1.00 bits per heavy atom. The number of carbonyl (C=O) groups excluding carboxylic acids is 1. The number of aryl methyl sites for hydroxylation is 2. The Labute approximate surface area is 196 Å². The summed E-state index contributed by atoms with van der Waals surface area (Å²) in [5, 5.41) is 13.6. The van der Waals surface area contributed by atoms with Gasteiger partial charge >= 0.3 is 5.69 Å². The van der Waals surface area contributed by atoms with Crippen LogP contribution in [-0.2, 0) is 18.9 Å². The average Bonchev–Trinajstić information content (AvgIpc) is 3.19. The van der Waals surface area contributed by atoms with Crippen molar-refractivity contribution in [2.75, 3.05) is 4.90 Å². The van der Waals surface area contributed by atoms with Crippen LogP contribution in [0.4, 0.5) is 11.4 Å². The maximum Gasteiger partial charge on any atom is 0.328 e. The van der Waals surface area contributed by atoms with Crippen molar-refractivity contribution in [3.8, 4) is 0 Å². The number of thioether (sulfide) groups is 1. The van der Waals surface area contributed by atoms with E-state index >= 15 is 0 Å². The number of amides is 1. The van der Waals surface area contributed by atoms with Gasteiger partial charge in [0.1, 0.15) is 0 Å². The Kier molecular flexibility index (Phi) is 4.91. The number of hydrogen-bond donors (Lipinski definition) is 0. The Morgan fingerprint density at radius 3 is 2.39 bits per heavy atom. The fourth-order valence-electron chi connectivity index (χ4n) is 4.04. The number of fused-ring (bicyclic) bond motifs is 2. The largest absolute Gasteiger partial charge is 0.328 e. The fourth-order valence-corrected chi connectivity index (χ4v) is 5.32. The molecule has 0 atom stereocenters. The van der Waals surface area contributed by atoms with Gasteiger partial charge in [0, 0.05) is 25.5 Å². The summed E-state index contributed by atoms with van der Waals surface area (Å²) in [5.41, 5.74) is 1.37. The van der Waals surface area contributed by atoms with E-state index in [1.54, 1.807) is 20.2 Å². The number of imidazole rings is 1. The highest BCUT2D eigenvalue weighted by Gasteiger charge is 2.35. The predicted octanol–water partition coefficient (Wildman–Crippen LogP) is 4.34. The summed E-state index contributed by atoms with van der Waals surface area (Å²) in [4.78, 5) is 38.6. The van der Waals surface area contributed by atoms with Crippen LogP contribution >= 0.6 is 24.0 Å². The molecule has 1 amide bonds. The molecule has 0 spiro atoms. The third-order valence-corrected chi connectivity index (χ3v) is 7.01. The van der Waals surface area contributed by atoms with E-state index in [0.29, 0.717) is 21.0 Å². The van der Waals surface area contributed by atoms with Gasteiger partial charge < -0.3 is 0 Å². The summed E-state index contributed by atoms with van der Waals surface area (Å²) in [6.45, 7) is 0. The number of nitro benzene ring substituents is 1. The molecule has 8 nitrogen and oxygen atoms in total. The van der Waals surface area contributed by atoms with Crippen molar-refractivity contribution in [1.29, 1.82) is 0 Å². The number of aromatic nitrogens is 2. The van der Waals surface area contributed by atoms with Crippen LogP contribution in [-0.4, -0.2) is 24.3 Å². The van der Waals surface area contributed by atoms with Gasteiger partial charge in [-0.25, -0.2) is 4.79 Å². The minimum absolute atomic E-state index is 0.195. The zero-order valence-electron chi connectivity index (χ0n) is 17.5. The molecular weight excluding hydrogens is 460 g/mol. The van der Waals surface area contributed by atoms with Gasteiger partial charge in [0.2, 0.25) is 0 Å². The summed E-state index contributed by atoms with van der Waals surface area (Å²) >= 11 is 6.59. The van der Waals surface area contributed by atoms with Crippen LogP contribution in [0.3, 0.4) is 0 Å². The average molecular weight is 477 g/mol. The van der Waals surface area contributed by atoms with Crippen molar-refractivity contribution in [1.82, 2.24) is 9.13 Å². The topological polar surface area (TPSA) is 90.4 Å². The van der Waals surface area contributed by atoms with Gasteiger partial charge in [-0.15, -0.1) is 0 Å². The number of rotatable bonds is 3. The normalized spacial score (nSPS) is 15.3. The Bertz CT molecular complexity index is 1610. The standard InChI is InChI=1S/C23H16N4O4S2/c1-24-18-10-14(17(27(30)31)12-19(18)25(2)22(24)29)11-20-21(28)26(23(32)33-20)16-9-5-7-13-6-3-4-8-15(13)16/h3-12H,1-2H3/b20-11+. The molecule has 1 fully saturated rings. The lowest BCUT2D eigenvalue weighted by Crippen LogP contribution is -2.27. The predicted molar refractivity (Wildman–Crippen MR) is 134 cm³/mol. The van der Waals surface area contributed by atoms with Crippen LogP contribution in [0.15, 0.2) is 64.3 Å². The molecule has 0 bridgehead atoms. The molecule has 4 aromatic rings. The first-order valence-corrected chi connectivity index (χ1v) is 11.1. The number of thiocarbonyl (C=S) groups is 1. The number of nitrogens with zero attached hydrogens (tertiary/aromatic N) is 4.